The first-order valence-electron chi connectivity index (χ1n) is 19.5. The van der Waals surface area contributed by atoms with Crippen molar-refractivity contribution in [2.24, 2.45) is 0 Å². The highest BCUT2D eigenvalue weighted by Gasteiger charge is 2.47. The summed E-state index contributed by atoms with van der Waals surface area (Å²) in [6.07, 6.45) is 0. The Bertz CT molecular complexity index is 3170. The summed E-state index contributed by atoms with van der Waals surface area (Å²) < 4.78 is 2.66. The molecule has 0 saturated heterocycles. The van der Waals surface area contributed by atoms with E-state index in [-0.39, 0.29) is 5.41 Å². The van der Waals surface area contributed by atoms with Crippen LogP contribution < -0.4 is 0 Å². The fraction of sp³-hybridized carbons (Fsp3) is 0.0741. The minimum Gasteiger partial charge on any atom is -0.143 e. The van der Waals surface area contributed by atoms with Gasteiger partial charge in [0, 0.05) is 36.7 Å². The van der Waals surface area contributed by atoms with Crippen molar-refractivity contribution in [3.8, 4) is 44.5 Å². The highest BCUT2D eigenvalue weighted by Crippen LogP contribution is 2.60. The lowest BCUT2D eigenvalue weighted by molar-refractivity contribution is 0.659. The van der Waals surface area contributed by atoms with Gasteiger partial charge in [0.15, 0.2) is 0 Å². The van der Waals surface area contributed by atoms with Crippen molar-refractivity contribution in [2.45, 2.75) is 24.7 Å². The van der Waals surface area contributed by atoms with Crippen LogP contribution >= 0.6 is 22.7 Å². The van der Waals surface area contributed by atoms with Crippen LogP contribution in [0.4, 0.5) is 0 Å². The molecule has 0 N–H and O–H groups in total. The van der Waals surface area contributed by atoms with Crippen molar-refractivity contribution >= 4 is 53.6 Å². The van der Waals surface area contributed by atoms with E-state index in [0.29, 0.717) is 0 Å². The lowest BCUT2D eigenvalue weighted by atomic mass is 9.59. The molecule has 2 aliphatic carbocycles. The fourth-order valence-corrected chi connectivity index (χ4v) is 12.3. The normalized spacial score (nSPS) is 14.5. The van der Waals surface area contributed by atoms with E-state index in [2.05, 4.69) is 194 Å². The molecule has 12 rings (SSSR count). The lowest BCUT2D eigenvalue weighted by Gasteiger charge is -2.43. The van der Waals surface area contributed by atoms with Crippen LogP contribution in [0.1, 0.15) is 47.2 Å². The van der Waals surface area contributed by atoms with Gasteiger partial charge in [-0.1, -0.05) is 153 Å². The van der Waals surface area contributed by atoms with Crippen LogP contribution in [0.15, 0.2) is 181 Å². The molecule has 0 saturated carbocycles. The predicted molar refractivity (Wildman–Crippen MR) is 240 cm³/mol. The molecule has 0 atom stereocenters. The molecule has 0 bridgehead atoms. The largest absolute Gasteiger partial charge is 0.143 e. The van der Waals surface area contributed by atoms with Crippen LogP contribution in [0.3, 0.4) is 0 Å². The summed E-state index contributed by atoms with van der Waals surface area (Å²) in [5.74, 6) is 0. The van der Waals surface area contributed by atoms with Crippen molar-refractivity contribution < 1.29 is 0 Å². The molecular weight excluding hydrogens is 713 g/mol. The van der Waals surface area contributed by atoms with E-state index < -0.39 is 5.41 Å². The third-order valence-electron chi connectivity index (χ3n) is 12.9. The lowest BCUT2D eigenvalue weighted by Crippen LogP contribution is -2.34. The minimum absolute atomic E-state index is 0.185. The number of hydrogen-bond donors (Lipinski definition) is 0. The van der Waals surface area contributed by atoms with Crippen molar-refractivity contribution in [3.05, 3.63) is 214 Å². The average molecular weight is 749 g/mol. The Kier molecular flexibility index (Phi) is 6.74. The molecule has 2 aliphatic rings. The fourth-order valence-electron chi connectivity index (χ4n) is 10.4. The van der Waals surface area contributed by atoms with Crippen LogP contribution in [-0.2, 0) is 10.8 Å². The summed E-state index contributed by atoms with van der Waals surface area (Å²) in [5.41, 5.74) is 17.9. The Hall–Kier alpha value is -6.06. The zero-order valence-corrected chi connectivity index (χ0v) is 32.8. The van der Waals surface area contributed by atoms with Gasteiger partial charge in [-0.25, -0.2) is 0 Å². The van der Waals surface area contributed by atoms with Gasteiger partial charge in [0.2, 0.25) is 0 Å². The molecule has 0 fully saturated rings. The third kappa shape index (κ3) is 4.23. The molecule has 0 nitrogen and oxygen atoms in total. The predicted octanol–water partition coefficient (Wildman–Crippen LogP) is 15.3. The Labute approximate surface area is 335 Å². The maximum absolute atomic E-state index is 2.58. The van der Waals surface area contributed by atoms with Crippen LogP contribution in [0.5, 0.6) is 0 Å². The van der Waals surface area contributed by atoms with E-state index in [0.717, 1.165) is 0 Å². The monoisotopic (exact) mass is 748 g/mol. The number of fused-ring (bicyclic) bond motifs is 7. The average Bonchev–Trinajstić information content (AvgIpc) is 3.94. The second-order valence-corrected chi connectivity index (χ2v) is 17.8. The topological polar surface area (TPSA) is 0 Å². The van der Waals surface area contributed by atoms with Crippen molar-refractivity contribution in [1.29, 1.82) is 0 Å². The van der Waals surface area contributed by atoms with E-state index in [1.807, 2.05) is 22.7 Å². The summed E-state index contributed by atoms with van der Waals surface area (Å²) in [5, 5.41) is 9.99. The summed E-state index contributed by atoms with van der Waals surface area (Å²) in [7, 11) is 0. The molecule has 10 aromatic rings. The van der Waals surface area contributed by atoms with Gasteiger partial charge in [-0.2, -0.15) is 0 Å². The molecular formula is C54H36S2. The molecule has 0 unspecified atom stereocenters. The van der Waals surface area contributed by atoms with Gasteiger partial charge in [0.05, 0.1) is 5.41 Å². The van der Waals surface area contributed by atoms with Crippen LogP contribution in [0.2, 0.25) is 0 Å². The van der Waals surface area contributed by atoms with Gasteiger partial charge in [0.1, 0.15) is 0 Å². The summed E-state index contributed by atoms with van der Waals surface area (Å²) in [6.45, 7) is 4.86. The molecule has 0 amide bonds. The second-order valence-electron chi connectivity index (χ2n) is 16.0. The minimum atomic E-state index is -0.544. The first-order chi connectivity index (χ1) is 27.5. The Balaban J connectivity index is 1.18. The van der Waals surface area contributed by atoms with E-state index in [1.54, 1.807) is 0 Å². The van der Waals surface area contributed by atoms with Gasteiger partial charge >= 0.3 is 0 Å². The highest BCUT2D eigenvalue weighted by molar-refractivity contribution is 7.18. The van der Waals surface area contributed by atoms with Crippen LogP contribution in [0.25, 0.3) is 75.5 Å². The smallest absolute Gasteiger partial charge is 0.0714 e. The van der Waals surface area contributed by atoms with E-state index in [1.165, 1.54) is 109 Å². The highest BCUT2D eigenvalue weighted by atomic mass is 32.1. The van der Waals surface area contributed by atoms with Gasteiger partial charge in [-0.15, -0.1) is 22.7 Å². The van der Waals surface area contributed by atoms with Gasteiger partial charge < -0.3 is 0 Å². The van der Waals surface area contributed by atoms with Crippen LogP contribution in [0, 0.1) is 0 Å². The zero-order chi connectivity index (χ0) is 37.2. The number of hydrogen-bond acceptors (Lipinski definition) is 2. The summed E-state index contributed by atoms with van der Waals surface area (Å²) in [6, 6.07) is 64.4. The first-order valence-corrected chi connectivity index (χ1v) is 21.2. The van der Waals surface area contributed by atoms with Gasteiger partial charge in [0.25, 0.3) is 0 Å². The molecule has 0 spiro atoms. The van der Waals surface area contributed by atoms with E-state index in [9.17, 15) is 0 Å². The van der Waals surface area contributed by atoms with Crippen molar-refractivity contribution in [3.63, 3.8) is 0 Å². The molecule has 8 aromatic carbocycles. The van der Waals surface area contributed by atoms with Crippen molar-refractivity contribution in [1.82, 2.24) is 0 Å². The van der Waals surface area contributed by atoms with E-state index >= 15 is 0 Å². The maximum atomic E-state index is 2.58. The Morgan fingerprint density at radius 2 is 0.893 bits per heavy atom. The Morgan fingerprint density at radius 1 is 0.357 bits per heavy atom. The SMILES string of the molecule is CC1(C)c2cc(-c3csc4ccccc34)ccc2-c2cc3c(cc21)-c1ccc(-c2csc4ccccc24)c2cccc(c12)C3(c1ccccc1)c1ccccc1. The molecule has 0 radical (unpaired) electrons. The molecule has 2 heterocycles. The second kappa shape index (κ2) is 11.7. The molecule has 0 aliphatic heterocycles. The quantitative estimate of drug-likeness (QED) is 0.168. The third-order valence-corrected chi connectivity index (χ3v) is 14.9. The van der Waals surface area contributed by atoms with Crippen molar-refractivity contribution in [2.75, 3.05) is 0 Å². The first kappa shape index (κ1) is 32.2. The summed E-state index contributed by atoms with van der Waals surface area (Å²) in [4.78, 5) is 0. The molecule has 2 heteroatoms. The standard InChI is InChI=1S/C54H36S2/c1-53(2)47-28-33(44-31-55-50-22-11-9-18-38(44)50)24-25-37(47)42-30-49-43(29-48(42)53)41-27-26-36(45-32-56-51-23-12-10-19-39(45)51)40-20-13-21-46(52(40)41)54(49,34-14-5-3-6-15-34)35-16-7-4-8-17-35/h3-32H,1-2H3. The maximum Gasteiger partial charge on any atom is 0.0714 e. The summed E-state index contributed by atoms with van der Waals surface area (Å²) >= 11 is 3.67. The van der Waals surface area contributed by atoms with Gasteiger partial charge in [-0.05, 0) is 119 Å². The number of rotatable bonds is 4. The molecule has 56 heavy (non-hydrogen) atoms. The molecule has 264 valence electrons. The van der Waals surface area contributed by atoms with E-state index in [4.69, 9.17) is 0 Å². The van der Waals surface area contributed by atoms with Crippen LogP contribution in [-0.4, -0.2) is 0 Å². The zero-order valence-electron chi connectivity index (χ0n) is 31.1. The molecule has 2 aromatic heterocycles. The van der Waals surface area contributed by atoms with Gasteiger partial charge in [-0.3, -0.25) is 0 Å². The number of benzene rings is 8. The number of thiophene rings is 2. The Morgan fingerprint density at radius 3 is 1.61 bits per heavy atom.